The van der Waals surface area contributed by atoms with Gasteiger partial charge in [-0.05, 0) is 48.7 Å². The van der Waals surface area contributed by atoms with E-state index in [-0.39, 0.29) is 23.9 Å². The van der Waals surface area contributed by atoms with E-state index in [1.807, 2.05) is 0 Å². The normalized spacial score (nSPS) is 18.4. The number of nitrogens with zero attached hydrogens (tertiary/aromatic N) is 1. The van der Waals surface area contributed by atoms with Crippen molar-refractivity contribution in [3.8, 4) is 0 Å². The largest absolute Gasteiger partial charge is 0.281 e. The maximum Gasteiger partial charge on any atom is 0.243 e. The van der Waals surface area contributed by atoms with Crippen LogP contribution in [0.1, 0.15) is 12.8 Å². The number of halogens is 2. The molecule has 1 aliphatic heterocycles. The van der Waals surface area contributed by atoms with Crippen molar-refractivity contribution in [2.24, 2.45) is 5.92 Å². The van der Waals surface area contributed by atoms with Gasteiger partial charge in [0.05, 0.1) is 4.90 Å². The van der Waals surface area contributed by atoms with Crippen LogP contribution in [0.25, 0.3) is 0 Å². The summed E-state index contributed by atoms with van der Waals surface area (Å²) in [6.07, 6.45) is 0.839. The Kier molecular flexibility index (Phi) is 4.23. The van der Waals surface area contributed by atoms with Crippen LogP contribution in [0.2, 0.25) is 0 Å². The van der Waals surface area contributed by atoms with Crippen LogP contribution < -0.4 is 0 Å². The van der Waals surface area contributed by atoms with Gasteiger partial charge in [0.2, 0.25) is 15.3 Å². The highest BCUT2D eigenvalue weighted by Gasteiger charge is 2.31. The number of piperidine rings is 1. The molecule has 0 aromatic heterocycles. The van der Waals surface area contributed by atoms with E-state index < -0.39 is 21.1 Å². The Morgan fingerprint density at radius 3 is 2.21 bits per heavy atom. The van der Waals surface area contributed by atoms with E-state index in [2.05, 4.69) is 0 Å². The van der Waals surface area contributed by atoms with E-state index in [4.69, 9.17) is 11.6 Å². The molecule has 1 fully saturated rings. The summed E-state index contributed by atoms with van der Waals surface area (Å²) in [5.41, 5.74) is 0. The summed E-state index contributed by atoms with van der Waals surface area (Å²) in [6, 6.07) is 4.71. The predicted octanol–water partition coefficient (Wildman–Crippen LogP) is 1.99. The maximum atomic E-state index is 12.8. The fraction of sp³-hybridized carbons (Fsp3) is 0.417. The lowest BCUT2D eigenvalue weighted by molar-refractivity contribution is -0.116. The number of hydrogen-bond acceptors (Lipinski definition) is 3. The molecular formula is C12H13ClFNO3S. The van der Waals surface area contributed by atoms with E-state index >= 15 is 0 Å². The van der Waals surface area contributed by atoms with Gasteiger partial charge in [-0.1, -0.05) is 0 Å². The minimum Gasteiger partial charge on any atom is -0.281 e. The highest BCUT2D eigenvalue weighted by Crippen LogP contribution is 2.25. The monoisotopic (exact) mass is 305 g/mol. The molecule has 1 aromatic rings. The third-order valence-electron chi connectivity index (χ3n) is 3.23. The molecule has 0 bridgehead atoms. The molecule has 0 aliphatic carbocycles. The molecule has 1 aromatic carbocycles. The summed E-state index contributed by atoms with van der Waals surface area (Å²) in [5, 5.41) is -0.418. The molecule has 1 heterocycles. The number of benzene rings is 1. The van der Waals surface area contributed by atoms with Crippen molar-refractivity contribution in [2.75, 3.05) is 13.1 Å². The zero-order chi connectivity index (χ0) is 14.0. The van der Waals surface area contributed by atoms with Crippen LogP contribution in [0.3, 0.4) is 0 Å². The van der Waals surface area contributed by atoms with E-state index in [1.165, 1.54) is 16.4 Å². The minimum absolute atomic E-state index is 0.0598. The number of rotatable bonds is 3. The molecule has 0 radical (unpaired) electrons. The van der Waals surface area contributed by atoms with Gasteiger partial charge in [-0.2, -0.15) is 4.31 Å². The van der Waals surface area contributed by atoms with Gasteiger partial charge in [0.1, 0.15) is 5.82 Å². The zero-order valence-electron chi connectivity index (χ0n) is 10.1. The van der Waals surface area contributed by atoms with Gasteiger partial charge in [0.15, 0.2) is 0 Å². The van der Waals surface area contributed by atoms with E-state index in [9.17, 15) is 17.6 Å². The van der Waals surface area contributed by atoms with Crippen LogP contribution in [0.5, 0.6) is 0 Å². The van der Waals surface area contributed by atoms with Crippen LogP contribution >= 0.6 is 11.6 Å². The quantitative estimate of drug-likeness (QED) is 0.803. The molecule has 0 saturated carbocycles. The third-order valence-corrected chi connectivity index (χ3v) is 5.45. The predicted molar refractivity (Wildman–Crippen MR) is 68.7 cm³/mol. The molecule has 0 spiro atoms. The Labute approximate surface area is 116 Å². The van der Waals surface area contributed by atoms with Gasteiger partial charge in [-0.25, -0.2) is 12.8 Å². The van der Waals surface area contributed by atoms with Crippen LogP contribution in [-0.4, -0.2) is 31.1 Å². The Morgan fingerprint density at radius 2 is 1.74 bits per heavy atom. The van der Waals surface area contributed by atoms with E-state index in [1.54, 1.807) is 0 Å². The fourth-order valence-electron chi connectivity index (χ4n) is 2.08. The average molecular weight is 306 g/mol. The molecule has 0 atom stereocenters. The maximum absolute atomic E-state index is 12.8. The molecule has 4 nitrogen and oxygen atoms in total. The number of carbonyl (C=O) groups is 1. The summed E-state index contributed by atoms with van der Waals surface area (Å²) >= 11 is 5.40. The van der Waals surface area contributed by atoms with Crippen LogP contribution in [0.15, 0.2) is 29.2 Å². The highest BCUT2D eigenvalue weighted by molar-refractivity contribution is 7.89. The highest BCUT2D eigenvalue weighted by atomic mass is 35.5. The zero-order valence-corrected chi connectivity index (χ0v) is 11.6. The fourth-order valence-corrected chi connectivity index (χ4v) is 3.77. The molecule has 0 unspecified atom stereocenters. The van der Waals surface area contributed by atoms with Gasteiger partial charge in [-0.15, -0.1) is 0 Å². The summed E-state index contributed by atoms with van der Waals surface area (Å²) in [7, 11) is -3.62. The van der Waals surface area contributed by atoms with Gasteiger partial charge >= 0.3 is 0 Å². The summed E-state index contributed by atoms with van der Waals surface area (Å²) in [4.78, 5) is 11.1. The molecule has 1 aliphatic rings. The molecule has 0 N–H and O–H groups in total. The lowest BCUT2D eigenvalue weighted by Gasteiger charge is -2.29. The summed E-state index contributed by atoms with van der Waals surface area (Å²) in [6.45, 7) is 0.506. The van der Waals surface area contributed by atoms with Crippen LogP contribution in [0, 0.1) is 11.7 Å². The van der Waals surface area contributed by atoms with Gasteiger partial charge < -0.3 is 0 Å². The Morgan fingerprint density at radius 1 is 1.21 bits per heavy atom. The Balaban J connectivity index is 2.14. The first-order chi connectivity index (χ1) is 8.91. The average Bonchev–Trinajstić information content (AvgIpc) is 2.39. The Bertz CT molecular complexity index is 565. The molecule has 104 valence electrons. The van der Waals surface area contributed by atoms with Crippen LogP contribution in [0.4, 0.5) is 4.39 Å². The lowest BCUT2D eigenvalue weighted by atomic mass is 10.00. The van der Waals surface area contributed by atoms with Gasteiger partial charge in [0, 0.05) is 19.0 Å². The van der Waals surface area contributed by atoms with Crippen LogP contribution in [-0.2, 0) is 14.8 Å². The second kappa shape index (κ2) is 5.56. The van der Waals surface area contributed by atoms with E-state index in [0.29, 0.717) is 12.8 Å². The molecule has 1 saturated heterocycles. The number of carbonyl (C=O) groups excluding carboxylic acids is 1. The Hall–Kier alpha value is -0.980. The van der Waals surface area contributed by atoms with Crippen molar-refractivity contribution in [2.45, 2.75) is 17.7 Å². The van der Waals surface area contributed by atoms with Crippen molar-refractivity contribution in [3.05, 3.63) is 30.1 Å². The van der Waals surface area contributed by atoms with Gasteiger partial charge in [0.25, 0.3) is 0 Å². The first-order valence-electron chi connectivity index (χ1n) is 5.86. The smallest absolute Gasteiger partial charge is 0.243 e. The molecule has 0 amide bonds. The molecule has 2 rings (SSSR count). The third kappa shape index (κ3) is 3.13. The van der Waals surface area contributed by atoms with Crippen molar-refractivity contribution in [1.29, 1.82) is 0 Å². The second-order valence-corrected chi connectivity index (χ2v) is 6.75. The topological polar surface area (TPSA) is 54.5 Å². The number of hydrogen-bond donors (Lipinski definition) is 0. The van der Waals surface area contributed by atoms with Crippen molar-refractivity contribution >= 4 is 26.9 Å². The molecule has 19 heavy (non-hydrogen) atoms. The summed E-state index contributed by atoms with van der Waals surface area (Å²) in [5.74, 6) is -0.758. The van der Waals surface area contributed by atoms with Gasteiger partial charge in [-0.3, -0.25) is 4.79 Å². The second-order valence-electron chi connectivity index (χ2n) is 4.44. The first-order valence-corrected chi connectivity index (χ1v) is 7.68. The molecule has 7 heteroatoms. The lowest BCUT2D eigenvalue weighted by Crippen LogP contribution is -2.39. The molecular weight excluding hydrogens is 293 g/mol. The SMILES string of the molecule is O=C(Cl)C1CCN(S(=O)(=O)c2ccc(F)cc2)CC1. The first kappa shape index (κ1) is 14.4. The van der Waals surface area contributed by atoms with Crippen molar-refractivity contribution in [3.63, 3.8) is 0 Å². The standard InChI is InChI=1S/C12H13ClFNO3S/c13-12(16)9-5-7-15(8-6-9)19(17,18)11-3-1-10(14)2-4-11/h1-4,9H,5-8H2. The van der Waals surface area contributed by atoms with Crippen molar-refractivity contribution < 1.29 is 17.6 Å². The van der Waals surface area contributed by atoms with Crippen molar-refractivity contribution in [1.82, 2.24) is 4.31 Å². The minimum atomic E-state index is -3.62. The summed E-state index contributed by atoms with van der Waals surface area (Å²) < 4.78 is 38.6. The number of sulfonamides is 1. The van der Waals surface area contributed by atoms with E-state index in [0.717, 1.165) is 12.1 Å².